The van der Waals surface area contributed by atoms with E-state index in [4.69, 9.17) is 0 Å². The van der Waals surface area contributed by atoms with E-state index in [0.29, 0.717) is 0 Å². The van der Waals surface area contributed by atoms with Crippen LogP contribution in [0, 0.1) is 0 Å². The summed E-state index contributed by atoms with van der Waals surface area (Å²) < 4.78 is -0.454. The highest BCUT2D eigenvalue weighted by atomic mass is 32.2. The molecule has 1 aliphatic heterocycles. The SMILES string of the molecule is O=C1c2ccccc2C2(SC23c2ccccc2-c2ccccc23)c2ccccc21. The van der Waals surface area contributed by atoms with Crippen LogP contribution in [0.15, 0.2) is 97.1 Å². The van der Waals surface area contributed by atoms with Gasteiger partial charge in [-0.25, -0.2) is 0 Å². The fourth-order valence-corrected chi connectivity index (χ4v) is 7.64. The molecule has 0 saturated carbocycles. The Morgan fingerprint density at radius 3 is 1.17 bits per heavy atom. The Balaban J connectivity index is 1.64. The van der Waals surface area contributed by atoms with Crippen LogP contribution >= 0.6 is 11.8 Å². The number of ketones is 1. The monoisotopic (exact) mass is 388 g/mol. The number of thioether (sulfide) groups is 1. The summed E-state index contributed by atoms with van der Waals surface area (Å²) in [5.74, 6) is 0.143. The number of carbonyl (C=O) groups is 1. The first-order chi connectivity index (χ1) is 14.3. The molecular weight excluding hydrogens is 372 g/mol. The van der Waals surface area contributed by atoms with E-state index in [1.807, 2.05) is 36.0 Å². The summed E-state index contributed by atoms with van der Waals surface area (Å²) in [6.07, 6.45) is 0. The molecule has 29 heavy (non-hydrogen) atoms. The van der Waals surface area contributed by atoms with Gasteiger partial charge in [-0.05, 0) is 33.4 Å². The van der Waals surface area contributed by atoms with Gasteiger partial charge in [-0.15, -0.1) is 11.8 Å². The van der Waals surface area contributed by atoms with Gasteiger partial charge >= 0.3 is 0 Å². The molecule has 2 spiro atoms. The Bertz CT molecular complexity index is 1270. The van der Waals surface area contributed by atoms with Crippen LogP contribution in [0.4, 0.5) is 0 Å². The van der Waals surface area contributed by atoms with Crippen LogP contribution in [0.1, 0.15) is 38.2 Å². The van der Waals surface area contributed by atoms with Crippen LogP contribution in [0.25, 0.3) is 11.1 Å². The van der Waals surface area contributed by atoms with Gasteiger partial charge in [0.05, 0.1) is 9.49 Å². The molecule has 0 aromatic heterocycles. The number of carbonyl (C=O) groups excluding carboxylic acids is 1. The maximum absolute atomic E-state index is 13.3. The Hall–Kier alpha value is -3.10. The zero-order valence-electron chi connectivity index (χ0n) is 15.6. The molecule has 7 rings (SSSR count). The van der Waals surface area contributed by atoms with Gasteiger partial charge in [0, 0.05) is 11.1 Å². The lowest BCUT2D eigenvalue weighted by molar-refractivity contribution is 0.103. The van der Waals surface area contributed by atoms with E-state index in [9.17, 15) is 4.79 Å². The molecule has 1 nitrogen and oxygen atoms in total. The van der Waals surface area contributed by atoms with Crippen molar-refractivity contribution in [2.75, 3.05) is 0 Å². The summed E-state index contributed by atoms with van der Waals surface area (Å²) in [6, 6.07) is 34.0. The largest absolute Gasteiger partial charge is 0.289 e. The minimum atomic E-state index is -0.267. The highest BCUT2D eigenvalue weighted by molar-refractivity contribution is 8.09. The van der Waals surface area contributed by atoms with E-state index < -0.39 is 0 Å². The van der Waals surface area contributed by atoms with E-state index >= 15 is 0 Å². The molecule has 136 valence electrons. The smallest absolute Gasteiger partial charge is 0.193 e. The van der Waals surface area contributed by atoms with Crippen molar-refractivity contribution in [3.8, 4) is 11.1 Å². The van der Waals surface area contributed by atoms with Crippen molar-refractivity contribution in [3.63, 3.8) is 0 Å². The van der Waals surface area contributed by atoms with Crippen molar-refractivity contribution < 1.29 is 4.79 Å². The molecule has 0 N–H and O–H groups in total. The fourth-order valence-electron chi connectivity index (χ4n) is 5.64. The Morgan fingerprint density at radius 2 is 0.759 bits per heavy atom. The Kier molecular flexibility index (Phi) is 2.77. The van der Waals surface area contributed by atoms with Gasteiger partial charge in [-0.3, -0.25) is 4.79 Å². The zero-order chi connectivity index (χ0) is 19.2. The lowest BCUT2D eigenvalue weighted by Gasteiger charge is -2.30. The second-order valence-electron chi connectivity index (χ2n) is 7.98. The normalized spacial score (nSPS) is 18.1. The molecule has 1 fully saturated rings. The van der Waals surface area contributed by atoms with Crippen molar-refractivity contribution in [1.82, 2.24) is 0 Å². The van der Waals surface area contributed by atoms with Crippen molar-refractivity contribution in [2.45, 2.75) is 9.49 Å². The highest BCUT2D eigenvalue weighted by Gasteiger charge is 2.76. The van der Waals surface area contributed by atoms with E-state index in [2.05, 4.69) is 72.8 Å². The second kappa shape index (κ2) is 5.08. The predicted molar refractivity (Wildman–Crippen MR) is 117 cm³/mol. The Morgan fingerprint density at radius 1 is 0.448 bits per heavy atom. The quantitative estimate of drug-likeness (QED) is 0.336. The van der Waals surface area contributed by atoms with E-state index in [0.717, 1.165) is 22.3 Å². The maximum Gasteiger partial charge on any atom is 0.193 e. The molecule has 3 aliphatic rings. The summed E-state index contributed by atoms with van der Waals surface area (Å²) in [5, 5.41) is 0. The van der Waals surface area contributed by atoms with Crippen LogP contribution in [-0.4, -0.2) is 5.78 Å². The van der Waals surface area contributed by atoms with Crippen LogP contribution < -0.4 is 0 Å². The summed E-state index contributed by atoms with van der Waals surface area (Å²) in [7, 11) is 0. The first-order valence-electron chi connectivity index (χ1n) is 9.92. The number of fused-ring (bicyclic) bond motifs is 10. The third-order valence-corrected chi connectivity index (χ3v) is 8.67. The predicted octanol–water partition coefficient (Wildman–Crippen LogP) is 6.15. The molecule has 0 unspecified atom stereocenters. The van der Waals surface area contributed by atoms with E-state index in [-0.39, 0.29) is 15.3 Å². The van der Waals surface area contributed by atoms with Gasteiger partial charge in [0.25, 0.3) is 0 Å². The molecule has 0 atom stereocenters. The summed E-state index contributed by atoms with van der Waals surface area (Å²) in [4.78, 5) is 13.3. The van der Waals surface area contributed by atoms with Gasteiger partial charge in [-0.2, -0.15) is 0 Å². The standard InChI is InChI=1S/C27H16OS/c28-25-19-11-3-7-15-23(19)27(24-16-8-4-12-20(24)25)26(29-27)21-13-5-1-9-17(21)18-10-2-6-14-22(18)26/h1-16H. The molecule has 1 saturated heterocycles. The molecule has 1 heterocycles. The van der Waals surface area contributed by atoms with Gasteiger partial charge < -0.3 is 0 Å². The van der Waals surface area contributed by atoms with E-state index in [1.54, 1.807) is 0 Å². The lowest BCUT2D eigenvalue weighted by Crippen LogP contribution is -2.31. The van der Waals surface area contributed by atoms with Gasteiger partial charge in [0.2, 0.25) is 0 Å². The van der Waals surface area contributed by atoms with Crippen molar-refractivity contribution in [2.24, 2.45) is 0 Å². The molecular formula is C27H16OS. The first kappa shape index (κ1) is 15.8. The first-order valence-corrected chi connectivity index (χ1v) is 10.7. The lowest BCUT2D eigenvalue weighted by atomic mass is 9.69. The summed E-state index contributed by atoms with van der Waals surface area (Å²) in [5.41, 5.74) is 9.37. The Labute approximate surface area is 173 Å². The zero-order valence-corrected chi connectivity index (χ0v) is 16.4. The highest BCUT2D eigenvalue weighted by Crippen LogP contribution is 2.85. The average Bonchev–Trinajstić information content (AvgIpc) is 3.41. The third-order valence-electron chi connectivity index (χ3n) is 6.77. The molecule has 4 aromatic rings. The number of hydrogen-bond donors (Lipinski definition) is 0. The van der Waals surface area contributed by atoms with Crippen molar-refractivity contribution >= 4 is 17.5 Å². The van der Waals surface area contributed by atoms with Crippen LogP contribution in [0.3, 0.4) is 0 Å². The average molecular weight is 388 g/mol. The van der Waals surface area contributed by atoms with Gasteiger partial charge in [0.1, 0.15) is 0 Å². The summed E-state index contributed by atoms with van der Waals surface area (Å²) in [6.45, 7) is 0. The molecule has 2 aliphatic carbocycles. The number of rotatable bonds is 0. The van der Waals surface area contributed by atoms with Crippen molar-refractivity contribution in [3.05, 3.63) is 130 Å². The topological polar surface area (TPSA) is 17.1 Å². The molecule has 0 bridgehead atoms. The van der Waals surface area contributed by atoms with E-state index in [1.165, 1.54) is 22.3 Å². The van der Waals surface area contributed by atoms with Gasteiger partial charge in [-0.1, -0.05) is 97.1 Å². The number of benzene rings is 4. The minimum absolute atomic E-state index is 0.143. The fraction of sp³-hybridized carbons (Fsp3) is 0.0741. The molecule has 2 heteroatoms. The maximum atomic E-state index is 13.3. The number of hydrogen-bond acceptors (Lipinski definition) is 2. The van der Waals surface area contributed by atoms with Crippen molar-refractivity contribution in [1.29, 1.82) is 0 Å². The molecule has 4 aromatic carbocycles. The second-order valence-corrected chi connectivity index (χ2v) is 9.40. The third kappa shape index (κ3) is 1.62. The van der Waals surface area contributed by atoms with Crippen LogP contribution in [0.5, 0.6) is 0 Å². The minimum Gasteiger partial charge on any atom is -0.289 e. The van der Waals surface area contributed by atoms with Crippen LogP contribution in [-0.2, 0) is 9.49 Å². The molecule has 0 amide bonds. The summed E-state index contributed by atoms with van der Waals surface area (Å²) >= 11 is 1.99. The van der Waals surface area contributed by atoms with Crippen LogP contribution in [0.2, 0.25) is 0 Å². The van der Waals surface area contributed by atoms with Gasteiger partial charge in [0.15, 0.2) is 5.78 Å². The molecule has 0 radical (unpaired) electrons.